The monoisotopic (exact) mass is 789 g/mol. The molecular formula is C44H89N2O7P. The lowest BCUT2D eigenvalue weighted by atomic mass is 9.99. The number of allylic oxidation sites excluding steroid dienone is 2. The SMILES string of the molecule is CCCCCCCCC/C=C\CCCCCCCCCC(=O)NC(COP(=O)([O-])OCC[N+](C)(C)C)C(O)C(O)CCCCCCCCCCCCCC. The number of phosphoric acid groups is 1. The Hall–Kier alpha value is -0.800. The van der Waals surface area contributed by atoms with Gasteiger partial charge >= 0.3 is 0 Å². The van der Waals surface area contributed by atoms with Gasteiger partial charge in [-0.25, -0.2) is 0 Å². The van der Waals surface area contributed by atoms with Crippen LogP contribution >= 0.6 is 7.82 Å². The molecule has 0 aromatic heterocycles. The smallest absolute Gasteiger partial charge is 0.268 e. The number of carbonyl (C=O) groups excluding carboxylic acids is 1. The molecule has 322 valence electrons. The number of hydrogen-bond acceptors (Lipinski definition) is 7. The molecule has 0 spiro atoms. The molecular weight excluding hydrogens is 699 g/mol. The Morgan fingerprint density at radius 1 is 0.648 bits per heavy atom. The molecule has 9 nitrogen and oxygen atoms in total. The van der Waals surface area contributed by atoms with E-state index < -0.39 is 32.7 Å². The van der Waals surface area contributed by atoms with Gasteiger partial charge in [0.05, 0.1) is 39.9 Å². The average molecular weight is 789 g/mol. The highest BCUT2D eigenvalue weighted by Crippen LogP contribution is 2.38. The molecule has 1 amide bonds. The minimum atomic E-state index is -4.66. The van der Waals surface area contributed by atoms with Crippen molar-refractivity contribution in [3.8, 4) is 0 Å². The van der Waals surface area contributed by atoms with E-state index in [0.717, 1.165) is 44.9 Å². The van der Waals surface area contributed by atoms with Crippen LogP contribution in [0.1, 0.15) is 206 Å². The van der Waals surface area contributed by atoms with Crippen LogP contribution in [0, 0.1) is 0 Å². The topological polar surface area (TPSA) is 128 Å². The maximum atomic E-state index is 12.9. The van der Waals surface area contributed by atoms with Crippen molar-refractivity contribution >= 4 is 13.7 Å². The number of rotatable bonds is 41. The summed E-state index contributed by atoms with van der Waals surface area (Å²) in [5.41, 5.74) is 0. The van der Waals surface area contributed by atoms with E-state index in [2.05, 4.69) is 31.3 Å². The third kappa shape index (κ3) is 36.8. The lowest BCUT2D eigenvalue weighted by molar-refractivity contribution is -0.870. The summed E-state index contributed by atoms with van der Waals surface area (Å²) >= 11 is 0. The van der Waals surface area contributed by atoms with Crippen LogP contribution in [0.5, 0.6) is 0 Å². The molecule has 0 aromatic carbocycles. The van der Waals surface area contributed by atoms with E-state index in [4.69, 9.17) is 9.05 Å². The van der Waals surface area contributed by atoms with Crippen LogP contribution in [0.15, 0.2) is 12.2 Å². The normalized spacial score (nSPS) is 15.0. The number of phosphoric ester groups is 1. The van der Waals surface area contributed by atoms with Crippen molar-refractivity contribution in [2.75, 3.05) is 40.9 Å². The minimum Gasteiger partial charge on any atom is -0.756 e. The lowest BCUT2D eigenvalue weighted by Crippen LogP contribution is -2.51. The molecule has 0 bridgehead atoms. The highest BCUT2D eigenvalue weighted by molar-refractivity contribution is 7.45. The Kier molecular flexibility index (Phi) is 36.0. The molecule has 0 rings (SSSR count). The summed E-state index contributed by atoms with van der Waals surface area (Å²) in [6.07, 6.45) is 36.7. The number of quaternary nitrogens is 1. The lowest BCUT2D eigenvalue weighted by Gasteiger charge is -2.31. The van der Waals surface area contributed by atoms with Crippen LogP contribution in [0.4, 0.5) is 0 Å². The van der Waals surface area contributed by atoms with Crippen molar-refractivity contribution in [1.29, 1.82) is 0 Å². The van der Waals surface area contributed by atoms with E-state index in [9.17, 15) is 24.5 Å². The number of amides is 1. The Morgan fingerprint density at radius 2 is 1.06 bits per heavy atom. The summed E-state index contributed by atoms with van der Waals surface area (Å²) < 4.78 is 23.1. The van der Waals surface area contributed by atoms with Crippen LogP contribution in [0.2, 0.25) is 0 Å². The highest BCUT2D eigenvalue weighted by atomic mass is 31.2. The van der Waals surface area contributed by atoms with E-state index in [-0.39, 0.29) is 18.9 Å². The van der Waals surface area contributed by atoms with Gasteiger partial charge in [-0.15, -0.1) is 0 Å². The van der Waals surface area contributed by atoms with E-state index in [1.54, 1.807) is 0 Å². The molecule has 0 aliphatic carbocycles. The van der Waals surface area contributed by atoms with Crippen LogP contribution in [-0.2, 0) is 18.4 Å². The predicted octanol–water partition coefficient (Wildman–Crippen LogP) is 10.7. The quantitative estimate of drug-likeness (QED) is 0.0243. The van der Waals surface area contributed by atoms with Crippen LogP contribution in [0.3, 0.4) is 0 Å². The molecule has 0 radical (unpaired) electrons. The first-order valence-electron chi connectivity index (χ1n) is 22.6. The molecule has 10 heteroatoms. The fraction of sp³-hybridized carbons (Fsp3) is 0.932. The second-order valence-electron chi connectivity index (χ2n) is 16.9. The number of nitrogens with zero attached hydrogens (tertiary/aromatic N) is 1. The first-order valence-corrected chi connectivity index (χ1v) is 24.1. The summed E-state index contributed by atoms with van der Waals surface area (Å²) in [5.74, 6) is -0.282. The zero-order valence-electron chi connectivity index (χ0n) is 36.1. The summed E-state index contributed by atoms with van der Waals surface area (Å²) in [4.78, 5) is 25.4. The van der Waals surface area contributed by atoms with E-state index in [1.165, 1.54) is 128 Å². The molecule has 4 atom stereocenters. The Morgan fingerprint density at radius 3 is 1.50 bits per heavy atom. The van der Waals surface area contributed by atoms with Crippen molar-refractivity contribution in [3.63, 3.8) is 0 Å². The van der Waals surface area contributed by atoms with Gasteiger partial charge in [-0.3, -0.25) is 9.36 Å². The van der Waals surface area contributed by atoms with Gasteiger partial charge in [-0.2, -0.15) is 0 Å². The van der Waals surface area contributed by atoms with E-state index >= 15 is 0 Å². The molecule has 54 heavy (non-hydrogen) atoms. The van der Waals surface area contributed by atoms with Gasteiger partial charge in [0, 0.05) is 6.42 Å². The van der Waals surface area contributed by atoms with Crippen molar-refractivity contribution in [3.05, 3.63) is 12.2 Å². The summed E-state index contributed by atoms with van der Waals surface area (Å²) in [6, 6.07) is -1.07. The second kappa shape index (κ2) is 36.5. The van der Waals surface area contributed by atoms with Gasteiger partial charge in [0.1, 0.15) is 19.3 Å². The first kappa shape index (κ1) is 53.2. The molecule has 0 fully saturated rings. The molecule has 0 saturated heterocycles. The van der Waals surface area contributed by atoms with E-state index in [0.29, 0.717) is 23.9 Å². The first-order chi connectivity index (χ1) is 25.9. The molecule has 4 unspecified atom stereocenters. The van der Waals surface area contributed by atoms with Crippen molar-refractivity contribution in [2.24, 2.45) is 0 Å². The maximum Gasteiger partial charge on any atom is 0.268 e. The Balaban J connectivity index is 4.46. The van der Waals surface area contributed by atoms with Gasteiger partial charge in [-0.1, -0.05) is 174 Å². The van der Waals surface area contributed by atoms with Crippen molar-refractivity contribution < 1.29 is 38.0 Å². The summed E-state index contributed by atoms with van der Waals surface area (Å²) in [5, 5.41) is 24.6. The van der Waals surface area contributed by atoms with Crippen LogP contribution in [0.25, 0.3) is 0 Å². The maximum absolute atomic E-state index is 12.9. The van der Waals surface area contributed by atoms with Crippen molar-refractivity contribution in [2.45, 2.75) is 225 Å². The summed E-state index contributed by atoms with van der Waals surface area (Å²) in [7, 11) is 1.13. The number of carbonyl (C=O) groups is 1. The van der Waals surface area contributed by atoms with Gasteiger partial charge in [0.25, 0.3) is 7.82 Å². The third-order valence-corrected chi connectivity index (χ3v) is 11.3. The number of aliphatic hydroxyl groups is 2. The van der Waals surface area contributed by atoms with Crippen LogP contribution < -0.4 is 10.2 Å². The second-order valence-corrected chi connectivity index (χ2v) is 18.3. The molecule has 0 saturated carbocycles. The van der Waals surface area contributed by atoms with E-state index in [1.807, 2.05) is 21.1 Å². The molecule has 0 aliphatic heterocycles. The number of unbranched alkanes of at least 4 members (excludes halogenated alkanes) is 25. The fourth-order valence-corrected chi connectivity index (χ4v) is 7.38. The van der Waals surface area contributed by atoms with Gasteiger partial charge in [0.2, 0.25) is 5.91 Å². The number of nitrogens with one attached hydrogen (secondary N) is 1. The number of likely N-dealkylation sites (N-methyl/N-ethyl adjacent to an activating group) is 1. The Bertz CT molecular complexity index is 914. The number of aliphatic hydroxyl groups excluding tert-OH is 2. The summed E-state index contributed by atoms with van der Waals surface area (Å²) in [6.45, 7) is 4.43. The zero-order valence-corrected chi connectivity index (χ0v) is 36.9. The zero-order chi connectivity index (χ0) is 40.2. The molecule has 0 aromatic rings. The fourth-order valence-electron chi connectivity index (χ4n) is 6.66. The van der Waals surface area contributed by atoms with Crippen molar-refractivity contribution in [1.82, 2.24) is 5.32 Å². The minimum absolute atomic E-state index is 0.0398. The Labute approximate surface area is 334 Å². The van der Waals surface area contributed by atoms with Crippen LogP contribution in [-0.4, -0.2) is 79.8 Å². The van der Waals surface area contributed by atoms with Gasteiger partial charge in [-0.05, 0) is 38.5 Å². The molecule has 3 N–H and O–H groups in total. The van der Waals surface area contributed by atoms with Gasteiger partial charge < -0.3 is 34.0 Å². The highest BCUT2D eigenvalue weighted by Gasteiger charge is 2.29. The third-order valence-electron chi connectivity index (χ3n) is 10.3. The molecule has 0 heterocycles. The average Bonchev–Trinajstić information content (AvgIpc) is 3.12. The predicted molar refractivity (Wildman–Crippen MR) is 225 cm³/mol. The molecule has 0 aliphatic rings. The number of hydrogen-bond donors (Lipinski definition) is 3. The van der Waals surface area contributed by atoms with Gasteiger partial charge in [0.15, 0.2) is 0 Å². The largest absolute Gasteiger partial charge is 0.756 e. The standard InChI is InChI=1S/C44H89N2O7P/c1-6-8-10-12-14-16-18-20-21-22-23-24-25-27-29-31-33-35-37-43(48)45-41(40-53-54(50,51)52-39-38-46(3,4)5)44(49)42(47)36-34-32-30-28-26-19-17-15-13-11-9-7-2/h21-22,41-42,44,47,49H,6-20,23-40H2,1-5H3,(H-,45,48,50,51)/b22-21-.